The quantitative estimate of drug-likeness (QED) is 0.460. The Morgan fingerprint density at radius 2 is 2.08 bits per heavy atom. The van der Waals surface area contributed by atoms with Crippen LogP contribution in [0.5, 0.6) is 0 Å². The van der Waals surface area contributed by atoms with E-state index in [0.717, 1.165) is 38.5 Å². The number of aliphatic imine (C=N–C) groups is 1. The number of aliphatic hydroxyl groups is 1. The van der Waals surface area contributed by atoms with Gasteiger partial charge in [0.25, 0.3) is 0 Å². The second-order valence-corrected chi connectivity index (χ2v) is 7.24. The molecule has 146 valence electrons. The van der Waals surface area contributed by atoms with Crippen LogP contribution < -0.4 is 10.6 Å². The zero-order chi connectivity index (χ0) is 18.8. The summed E-state index contributed by atoms with van der Waals surface area (Å²) < 4.78 is 5.56. The first-order valence-electron chi connectivity index (χ1n) is 9.52. The fourth-order valence-corrected chi connectivity index (χ4v) is 3.34. The summed E-state index contributed by atoms with van der Waals surface area (Å²) in [5.41, 5.74) is 1.25. The van der Waals surface area contributed by atoms with Crippen molar-refractivity contribution in [3.8, 4) is 0 Å². The third kappa shape index (κ3) is 5.97. The van der Waals surface area contributed by atoms with Crippen LogP contribution in [0.2, 0.25) is 0 Å². The van der Waals surface area contributed by atoms with Gasteiger partial charge in [-0.25, -0.2) is 0 Å². The van der Waals surface area contributed by atoms with Crippen molar-refractivity contribution in [1.82, 2.24) is 15.5 Å². The van der Waals surface area contributed by atoms with Crippen LogP contribution in [0.25, 0.3) is 0 Å². The van der Waals surface area contributed by atoms with E-state index < -0.39 is 0 Å². The summed E-state index contributed by atoms with van der Waals surface area (Å²) >= 11 is 0. The second-order valence-electron chi connectivity index (χ2n) is 7.24. The Kier molecular flexibility index (Phi) is 8.35. The lowest BCUT2D eigenvalue weighted by molar-refractivity contribution is 0.131. The van der Waals surface area contributed by atoms with Gasteiger partial charge in [0.15, 0.2) is 5.96 Å². The van der Waals surface area contributed by atoms with Gasteiger partial charge < -0.3 is 25.4 Å². The molecular weight excluding hydrogens is 328 g/mol. The fraction of sp³-hybridized carbons (Fsp3) is 0.650. The third-order valence-electron chi connectivity index (χ3n) is 5.01. The number of hydrogen-bond acceptors (Lipinski definition) is 4. The van der Waals surface area contributed by atoms with Gasteiger partial charge >= 0.3 is 0 Å². The third-order valence-corrected chi connectivity index (χ3v) is 5.01. The number of ether oxygens (including phenoxy) is 1. The SMILES string of the molecule is CCNC(=NCC1(CCO)CCOC1)NCC(c1ccccc1)N(C)C. The lowest BCUT2D eigenvalue weighted by Crippen LogP contribution is -2.42. The standard InChI is InChI=1S/C20H34N4O2/c1-4-21-19(23-15-20(10-12-25)11-13-26-16-20)22-14-18(24(2)3)17-8-6-5-7-9-17/h5-9,18,25H,4,10-16H2,1-3H3,(H2,21,22,23). The summed E-state index contributed by atoms with van der Waals surface area (Å²) in [7, 11) is 4.19. The highest BCUT2D eigenvalue weighted by molar-refractivity contribution is 5.79. The Hall–Kier alpha value is -1.63. The van der Waals surface area contributed by atoms with Crippen molar-refractivity contribution in [3.05, 3.63) is 35.9 Å². The van der Waals surface area contributed by atoms with Crippen molar-refractivity contribution >= 4 is 5.96 Å². The molecule has 3 N–H and O–H groups in total. The molecule has 1 fully saturated rings. The minimum atomic E-state index is -0.0303. The van der Waals surface area contributed by atoms with Crippen LogP contribution in [-0.2, 0) is 4.74 Å². The normalized spacial score (nSPS) is 21.8. The van der Waals surface area contributed by atoms with E-state index in [0.29, 0.717) is 13.2 Å². The Morgan fingerprint density at radius 3 is 2.65 bits per heavy atom. The minimum Gasteiger partial charge on any atom is -0.396 e. The lowest BCUT2D eigenvalue weighted by Gasteiger charge is -2.27. The predicted molar refractivity (Wildman–Crippen MR) is 106 cm³/mol. The molecule has 0 aromatic heterocycles. The van der Waals surface area contributed by atoms with E-state index >= 15 is 0 Å². The smallest absolute Gasteiger partial charge is 0.191 e. The van der Waals surface area contributed by atoms with Crippen LogP contribution in [-0.4, -0.2) is 69.5 Å². The molecule has 6 heteroatoms. The molecule has 1 saturated heterocycles. The van der Waals surface area contributed by atoms with Crippen molar-refractivity contribution in [2.75, 3.05) is 53.6 Å². The molecule has 1 aliphatic rings. The first-order valence-corrected chi connectivity index (χ1v) is 9.52. The molecule has 1 heterocycles. The number of hydrogen-bond donors (Lipinski definition) is 3. The largest absolute Gasteiger partial charge is 0.396 e. The zero-order valence-corrected chi connectivity index (χ0v) is 16.4. The Morgan fingerprint density at radius 1 is 1.31 bits per heavy atom. The summed E-state index contributed by atoms with van der Waals surface area (Å²) in [4.78, 5) is 7.01. The highest BCUT2D eigenvalue weighted by Gasteiger charge is 2.34. The molecule has 26 heavy (non-hydrogen) atoms. The summed E-state index contributed by atoms with van der Waals surface area (Å²) in [5.74, 6) is 0.819. The maximum Gasteiger partial charge on any atom is 0.191 e. The van der Waals surface area contributed by atoms with E-state index in [1.165, 1.54) is 5.56 Å². The van der Waals surface area contributed by atoms with E-state index in [1.807, 2.05) is 6.07 Å². The summed E-state index contributed by atoms with van der Waals surface area (Å²) in [5, 5.41) is 16.2. The van der Waals surface area contributed by atoms with Crippen molar-refractivity contribution in [2.45, 2.75) is 25.8 Å². The molecule has 1 aromatic carbocycles. The lowest BCUT2D eigenvalue weighted by atomic mass is 9.84. The van der Waals surface area contributed by atoms with E-state index in [4.69, 9.17) is 9.73 Å². The molecule has 1 aromatic rings. The number of benzene rings is 1. The molecule has 0 radical (unpaired) electrons. The molecule has 2 rings (SSSR count). The monoisotopic (exact) mass is 362 g/mol. The molecule has 0 bridgehead atoms. The predicted octanol–water partition coefficient (Wildman–Crippen LogP) is 1.63. The number of rotatable bonds is 9. The van der Waals surface area contributed by atoms with Gasteiger partial charge in [-0.15, -0.1) is 0 Å². The van der Waals surface area contributed by atoms with Crippen LogP contribution in [0, 0.1) is 5.41 Å². The maximum atomic E-state index is 9.38. The highest BCUT2D eigenvalue weighted by Crippen LogP contribution is 2.32. The van der Waals surface area contributed by atoms with Crippen molar-refractivity contribution in [3.63, 3.8) is 0 Å². The molecule has 6 nitrogen and oxygen atoms in total. The minimum absolute atomic E-state index is 0.0303. The molecule has 2 unspecified atom stereocenters. The van der Waals surface area contributed by atoms with Crippen LogP contribution in [0.4, 0.5) is 0 Å². The number of guanidine groups is 1. The number of likely N-dealkylation sites (N-methyl/N-ethyl adjacent to an activating group) is 1. The van der Waals surface area contributed by atoms with E-state index in [1.54, 1.807) is 0 Å². The van der Waals surface area contributed by atoms with Crippen molar-refractivity contribution in [2.24, 2.45) is 10.4 Å². The van der Waals surface area contributed by atoms with E-state index in [9.17, 15) is 5.11 Å². The van der Waals surface area contributed by atoms with E-state index in [2.05, 4.69) is 60.8 Å². The van der Waals surface area contributed by atoms with Crippen molar-refractivity contribution in [1.29, 1.82) is 0 Å². The Balaban J connectivity index is 2.02. The van der Waals surface area contributed by atoms with Gasteiger partial charge in [-0.1, -0.05) is 30.3 Å². The topological polar surface area (TPSA) is 69.1 Å². The van der Waals surface area contributed by atoms with Gasteiger partial charge in [0.1, 0.15) is 0 Å². The average molecular weight is 363 g/mol. The van der Waals surface area contributed by atoms with Crippen LogP contribution in [0.15, 0.2) is 35.3 Å². The molecule has 1 aliphatic heterocycles. The molecule has 0 saturated carbocycles. The number of aliphatic hydroxyl groups excluding tert-OH is 1. The van der Waals surface area contributed by atoms with Gasteiger partial charge in [0.2, 0.25) is 0 Å². The van der Waals surface area contributed by atoms with Crippen molar-refractivity contribution < 1.29 is 9.84 Å². The van der Waals surface area contributed by atoms with Gasteiger partial charge in [0, 0.05) is 31.7 Å². The summed E-state index contributed by atoms with van der Waals surface area (Å²) in [6.07, 6.45) is 1.70. The molecule has 0 spiro atoms. The van der Waals surface area contributed by atoms with Gasteiger partial charge in [0.05, 0.1) is 19.2 Å². The molecule has 0 aliphatic carbocycles. The van der Waals surface area contributed by atoms with Crippen LogP contribution in [0.3, 0.4) is 0 Å². The van der Waals surface area contributed by atoms with Crippen LogP contribution >= 0.6 is 0 Å². The molecular formula is C20H34N4O2. The van der Waals surface area contributed by atoms with Crippen LogP contribution in [0.1, 0.15) is 31.4 Å². The first kappa shape index (κ1) is 20.7. The Labute approximate surface area is 157 Å². The molecule has 0 amide bonds. The summed E-state index contributed by atoms with van der Waals surface area (Å²) in [6, 6.07) is 10.8. The Bertz CT molecular complexity index is 542. The van der Waals surface area contributed by atoms with Gasteiger partial charge in [-0.3, -0.25) is 4.99 Å². The zero-order valence-electron chi connectivity index (χ0n) is 16.4. The molecule has 2 atom stereocenters. The fourth-order valence-electron chi connectivity index (χ4n) is 3.34. The van der Waals surface area contributed by atoms with Gasteiger partial charge in [-0.2, -0.15) is 0 Å². The van der Waals surface area contributed by atoms with E-state index in [-0.39, 0.29) is 18.1 Å². The number of nitrogens with zero attached hydrogens (tertiary/aromatic N) is 2. The average Bonchev–Trinajstić information content (AvgIpc) is 3.09. The van der Waals surface area contributed by atoms with Gasteiger partial charge in [-0.05, 0) is 39.4 Å². The highest BCUT2D eigenvalue weighted by atomic mass is 16.5. The summed E-state index contributed by atoms with van der Waals surface area (Å²) in [6.45, 7) is 5.94. The number of nitrogens with one attached hydrogen (secondary N) is 2. The first-order chi connectivity index (χ1) is 12.6. The maximum absolute atomic E-state index is 9.38. The second kappa shape index (κ2) is 10.5.